The van der Waals surface area contributed by atoms with Crippen molar-refractivity contribution in [1.82, 2.24) is 0 Å². The van der Waals surface area contributed by atoms with Gasteiger partial charge < -0.3 is 10.8 Å². The van der Waals surface area contributed by atoms with Gasteiger partial charge in [0.1, 0.15) is 0 Å². The fraction of sp³-hybridized carbons (Fsp3) is 0.455. The first-order valence-electron chi connectivity index (χ1n) is 4.81. The molecule has 76 valence electrons. The van der Waals surface area contributed by atoms with Crippen LogP contribution in [0.3, 0.4) is 0 Å². The van der Waals surface area contributed by atoms with Gasteiger partial charge in [0, 0.05) is 15.9 Å². The second-order valence-corrected chi connectivity index (χ2v) is 4.87. The summed E-state index contributed by atoms with van der Waals surface area (Å²) >= 11 is 3.41. The lowest BCUT2D eigenvalue weighted by molar-refractivity contribution is 0.242. The van der Waals surface area contributed by atoms with Gasteiger partial charge in [-0.05, 0) is 30.5 Å². The highest BCUT2D eigenvalue weighted by Gasteiger charge is 2.48. The fourth-order valence-electron chi connectivity index (χ4n) is 1.96. The van der Waals surface area contributed by atoms with Crippen LogP contribution in [0.25, 0.3) is 0 Å². The second-order valence-electron chi connectivity index (χ2n) is 3.95. The van der Waals surface area contributed by atoms with Crippen LogP contribution >= 0.6 is 15.9 Å². The van der Waals surface area contributed by atoms with Crippen LogP contribution in [0.1, 0.15) is 18.4 Å². The first-order chi connectivity index (χ1) is 6.69. The number of nitrogens with two attached hydrogens (primary N) is 1. The van der Waals surface area contributed by atoms with Gasteiger partial charge in [0.2, 0.25) is 0 Å². The van der Waals surface area contributed by atoms with E-state index in [0.717, 1.165) is 17.3 Å². The standard InChI is InChI=1S/C11H14BrNO/c12-9-3-1-8(2-4-9)11(5-6-11)10(13)7-14/h1-4,10,14H,5-7,13H2/t10-/m1/s1. The van der Waals surface area contributed by atoms with E-state index in [0.29, 0.717) is 0 Å². The van der Waals surface area contributed by atoms with Gasteiger partial charge in [-0.3, -0.25) is 0 Å². The summed E-state index contributed by atoms with van der Waals surface area (Å²) in [5.41, 5.74) is 7.22. The summed E-state index contributed by atoms with van der Waals surface area (Å²) in [6, 6.07) is 8.11. The zero-order valence-electron chi connectivity index (χ0n) is 7.91. The van der Waals surface area contributed by atoms with Crippen LogP contribution < -0.4 is 5.73 Å². The molecule has 1 aliphatic carbocycles. The van der Waals surface area contributed by atoms with E-state index in [4.69, 9.17) is 10.8 Å². The van der Waals surface area contributed by atoms with Crippen molar-refractivity contribution < 1.29 is 5.11 Å². The monoisotopic (exact) mass is 255 g/mol. The van der Waals surface area contributed by atoms with Crippen molar-refractivity contribution in [2.75, 3.05) is 6.61 Å². The first kappa shape index (κ1) is 10.1. The lowest BCUT2D eigenvalue weighted by atomic mass is 9.89. The summed E-state index contributed by atoms with van der Waals surface area (Å²) in [5.74, 6) is 0. The molecule has 1 aromatic rings. The Hall–Kier alpha value is -0.380. The molecule has 0 spiro atoms. The molecule has 1 aliphatic rings. The number of aliphatic hydroxyl groups is 1. The maximum absolute atomic E-state index is 9.09. The molecule has 0 bridgehead atoms. The third-order valence-electron chi connectivity index (χ3n) is 3.11. The zero-order valence-corrected chi connectivity index (χ0v) is 9.50. The normalized spacial score (nSPS) is 20.5. The molecule has 3 N–H and O–H groups in total. The molecule has 0 aliphatic heterocycles. The number of hydrogen-bond donors (Lipinski definition) is 2. The molecule has 0 aromatic heterocycles. The van der Waals surface area contributed by atoms with Crippen molar-refractivity contribution in [1.29, 1.82) is 0 Å². The summed E-state index contributed by atoms with van der Waals surface area (Å²) < 4.78 is 1.08. The molecule has 2 nitrogen and oxygen atoms in total. The maximum atomic E-state index is 9.09. The summed E-state index contributed by atoms with van der Waals surface area (Å²) in [6.45, 7) is 0.0655. The molecule has 0 amide bonds. The van der Waals surface area contributed by atoms with Crippen molar-refractivity contribution in [3.63, 3.8) is 0 Å². The third kappa shape index (κ3) is 1.60. The van der Waals surface area contributed by atoms with Crippen molar-refractivity contribution in [3.8, 4) is 0 Å². The average molecular weight is 256 g/mol. The van der Waals surface area contributed by atoms with Gasteiger partial charge in [-0.2, -0.15) is 0 Å². The Kier molecular flexibility index (Phi) is 2.64. The largest absolute Gasteiger partial charge is 0.395 e. The summed E-state index contributed by atoms with van der Waals surface area (Å²) in [4.78, 5) is 0. The van der Waals surface area contributed by atoms with Gasteiger partial charge in [0.25, 0.3) is 0 Å². The molecule has 3 heteroatoms. The Labute approximate surface area is 92.3 Å². The fourth-order valence-corrected chi connectivity index (χ4v) is 2.23. The van der Waals surface area contributed by atoms with E-state index < -0.39 is 0 Å². The van der Waals surface area contributed by atoms with Crippen molar-refractivity contribution in [2.45, 2.75) is 24.3 Å². The van der Waals surface area contributed by atoms with Crippen LogP contribution in [0.15, 0.2) is 28.7 Å². The smallest absolute Gasteiger partial charge is 0.0591 e. The van der Waals surface area contributed by atoms with Crippen LogP contribution in [-0.4, -0.2) is 17.8 Å². The van der Waals surface area contributed by atoms with E-state index in [9.17, 15) is 0 Å². The summed E-state index contributed by atoms with van der Waals surface area (Å²) in [7, 11) is 0. The molecule has 1 fully saturated rings. The number of hydrogen-bond acceptors (Lipinski definition) is 2. The molecule has 0 unspecified atom stereocenters. The van der Waals surface area contributed by atoms with Gasteiger partial charge in [0.05, 0.1) is 6.61 Å². The molecule has 1 saturated carbocycles. The summed E-state index contributed by atoms with van der Waals surface area (Å²) in [5, 5.41) is 9.09. The van der Waals surface area contributed by atoms with Crippen molar-refractivity contribution in [3.05, 3.63) is 34.3 Å². The quantitative estimate of drug-likeness (QED) is 0.866. The number of halogens is 1. The van der Waals surface area contributed by atoms with Gasteiger partial charge in [-0.1, -0.05) is 28.1 Å². The van der Waals surface area contributed by atoms with Crippen LogP contribution in [0.5, 0.6) is 0 Å². The molecule has 0 saturated heterocycles. The molecule has 2 rings (SSSR count). The van der Waals surface area contributed by atoms with E-state index >= 15 is 0 Å². The highest BCUT2D eigenvalue weighted by molar-refractivity contribution is 9.10. The number of rotatable bonds is 3. The molecule has 1 atom stereocenters. The van der Waals surface area contributed by atoms with E-state index in [1.165, 1.54) is 5.56 Å². The Morgan fingerprint density at radius 1 is 1.36 bits per heavy atom. The molecular formula is C11H14BrNO. The van der Waals surface area contributed by atoms with E-state index in [1.807, 2.05) is 12.1 Å². The minimum Gasteiger partial charge on any atom is -0.395 e. The third-order valence-corrected chi connectivity index (χ3v) is 3.64. The Bertz CT molecular complexity index is 319. The van der Waals surface area contributed by atoms with Crippen LogP contribution in [0.2, 0.25) is 0 Å². The van der Waals surface area contributed by atoms with Crippen molar-refractivity contribution >= 4 is 15.9 Å². The molecule has 0 heterocycles. The Morgan fingerprint density at radius 2 is 1.93 bits per heavy atom. The first-order valence-corrected chi connectivity index (χ1v) is 5.61. The average Bonchev–Trinajstić information content (AvgIpc) is 2.99. The lowest BCUT2D eigenvalue weighted by Gasteiger charge is -2.21. The summed E-state index contributed by atoms with van der Waals surface area (Å²) in [6.07, 6.45) is 2.19. The SMILES string of the molecule is N[C@H](CO)C1(c2ccc(Br)cc2)CC1. The second kappa shape index (κ2) is 3.65. The maximum Gasteiger partial charge on any atom is 0.0591 e. The molecule has 1 aromatic carbocycles. The minimum absolute atomic E-state index is 0.0510. The molecule has 0 radical (unpaired) electrons. The number of benzene rings is 1. The van der Waals surface area contributed by atoms with Crippen molar-refractivity contribution in [2.24, 2.45) is 5.73 Å². The predicted molar refractivity (Wildman–Crippen MR) is 60.1 cm³/mol. The lowest BCUT2D eigenvalue weighted by Crippen LogP contribution is -2.37. The van der Waals surface area contributed by atoms with Crippen LogP contribution in [0, 0.1) is 0 Å². The molecular weight excluding hydrogens is 242 g/mol. The van der Waals surface area contributed by atoms with Gasteiger partial charge in [-0.15, -0.1) is 0 Å². The van der Waals surface area contributed by atoms with Gasteiger partial charge in [0.15, 0.2) is 0 Å². The zero-order chi connectivity index (χ0) is 10.2. The highest BCUT2D eigenvalue weighted by Crippen LogP contribution is 2.50. The highest BCUT2D eigenvalue weighted by atomic mass is 79.9. The van der Waals surface area contributed by atoms with Gasteiger partial charge in [-0.25, -0.2) is 0 Å². The number of aliphatic hydroxyl groups excluding tert-OH is 1. The molecule has 14 heavy (non-hydrogen) atoms. The topological polar surface area (TPSA) is 46.2 Å². The Balaban J connectivity index is 2.26. The van der Waals surface area contributed by atoms with E-state index in [1.54, 1.807) is 0 Å². The predicted octanol–water partition coefficient (Wildman–Crippen LogP) is 1.80. The Morgan fingerprint density at radius 3 is 2.36 bits per heavy atom. The van der Waals surface area contributed by atoms with Crippen LogP contribution in [-0.2, 0) is 5.41 Å². The minimum atomic E-state index is -0.122. The van der Waals surface area contributed by atoms with E-state index in [-0.39, 0.29) is 18.1 Å². The van der Waals surface area contributed by atoms with Gasteiger partial charge >= 0.3 is 0 Å². The van der Waals surface area contributed by atoms with Crippen LogP contribution in [0.4, 0.5) is 0 Å². The van der Waals surface area contributed by atoms with E-state index in [2.05, 4.69) is 28.1 Å².